The van der Waals surface area contributed by atoms with Gasteiger partial charge >= 0.3 is 5.97 Å². The Morgan fingerprint density at radius 2 is 1.76 bits per heavy atom. The lowest BCUT2D eigenvalue weighted by molar-refractivity contribution is -0.147. The summed E-state index contributed by atoms with van der Waals surface area (Å²) in [4.78, 5) is 11.8. The summed E-state index contributed by atoms with van der Waals surface area (Å²) in [7, 11) is -3.71. The fourth-order valence-corrected chi connectivity index (χ4v) is 5.32. The molecular formula is C14H28N2O4S. The predicted octanol–water partition coefficient (Wildman–Crippen LogP) is 2.07. The largest absolute Gasteiger partial charge is 0.480 e. The summed E-state index contributed by atoms with van der Waals surface area (Å²) in [5.41, 5.74) is -1.26. The van der Waals surface area contributed by atoms with Crippen LogP contribution < -0.4 is 0 Å². The summed E-state index contributed by atoms with van der Waals surface area (Å²) >= 11 is 0. The second-order valence-electron chi connectivity index (χ2n) is 5.67. The standard InChI is InChI=1S/C14H28N2O4S/c1-4-8-14(13(17)18)9-7-12-16(14)21(19,20)15(10-5-2)11-6-3/h4-12H2,1-3H3,(H,17,18). The molecule has 1 unspecified atom stereocenters. The van der Waals surface area contributed by atoms with Crippen molar-refractivity contribution in [1.29, 1.82) is 0 Å². The normalized spacial score (nSPS) is 23.8. The van der Waals surface area contributed by atoms with Gasteiger partial charge in [0, 0.05) is 19.6 Å². The molecule has 124 valence electrons. The lowest BCUT2D eigenvalue weighted by Crippen LogP contribution is -2.57. The number of rotatable bonds is 9. The quantitative estimate of drug-likeness (QED) is 0.705. The fraction of sp³-hybridized carbons (Fsp3) is 0.929. The highest BCUT2D eigenvalue weighted by Crippen LogP contribution is 2.37. The molecule has 7 heteroatoms. The Bertz CT molecular complexity index is 446. The van der Waals surface area contributed by atoms with Crippen molar-refractivity contribution in [2.45, 2.75) is 64.8 Å². The van der Waals surface area contributed by atoms with E-state index in [2.05, 4.69) is 0 Å². The average molecular weight is 320 g/mol. The molecule has 1 N–H and O–H groups in total. The SMILES string of the molecule is CCCN(CCC)S(=O)(=O)N1CCCC1(CCC)C(=O)O. The maximum Gasteiger partial charge on any atom is 0.325 e. The Morgan fingerprint density at radius 1 is 1.19 bits per heavy atom. The fourth-order valence-electron chi connectivity index (χ4n) is 3.15. The Kier molecular flexibility index (Phi) is 6.62. The van der Waals surface area contributed by atoms with Crippen LogP contribution in [0.2, 0.25) is 0 Å². The molecule has 1 heterocycles. The monoisotopic (exact) mass is 320 g/mol. The predicted molar refractivity (Wildman–Crippen MR) is 82.3 cm³/mol. The van der Waals surface area contributed by atoms with Gasteiger partial charge in [0.25, 0.3) is 10.2 Å². The van der Waals surface area contributed by atoms with E-state index in [9.17, 15) is 18.3 Å². The molecule has 1 aliphatic rings. The first-order chi connectivity index (χ1) is 9.86. The molecule has 0 aromatic carbocycles. The van der Waals surface area contributed by atoms with Gasteiger partial charge in [-0.25, -0.2) is 0 Å². The van der Waals surface area contributed by atoms with Gasteiger partial charge < -0.3 is 5.11 Å². The number of carbonyl (C=O) groups is 1. The zero-order valence-corrected chi connectivity index (χ0v) is 14.2. The Morgan fingerprint density at radius 3 is 2.19 bits per heavy atom. The zero-order valence-electron chi connectivity index (χ0n) is 13.3. The molecule has 0 aliphatic carbocycles. The molecular weight excluding hydrogens is 292 g/mol. The van der Waals surface area contributed by atoms with Crippen molar-refractivity contribution in [3.63, 3.8) is 0 Å². The minimum absolute atomic E-state index is 0.304. The number of hydrogen-bond donors (Lipinski definition) is 1. The smallest absolute Gasteiger partial charge is 0.325 e. The summed E-state index contributed by atoms with van der Waals surface area (Å²) < 4.78 is 28.5. The summed E-state index contributed by atoms with van der Waals surface area (Å²) in [5, 5.41) is 9.65. The molecule has 0 spiro atoms. The zero-order chi connectivity index (χ0) is 16.1. The highest BCUT2D eigenvalue weighted by Gasteiger charge is 2.53. The van der Waals surface area contributed by atoms with Gasteiger partial charge in [-0.1, -0.05) is 27.2 Å². The van der Waals surface area contributed by atoms with E-state index in [1.807, 2.05) is 20.8 Å². The van der Waals surface area contributed by atoms with E-state index in [-0.39, 0.29) is 0 Å². The highest BCUT2D eigenvalue weighted by molar-refractivity contribution is 7.86. The Labute approximate surface area is 128 Å². The number of hydrogen-bond acceptors (Lipinski definition) is 3. The van der Waals surface area contributed by atoms with Crippen LogP contribution in [0.15, 0.2) is 0 Å². The van der Waals surface area contributed by atoms with Crippen LogP contribution in [0, 0.1) is 0 Å². The molecule has 1 aliphatic heterocycles. The minimum atomic E-state index is -3.71. The van der Waals surface area contributed by atoms with Gasteiger partial charge in [0.15, 0.2) is 0 Å². The maximum atomic E-state index is 12.9. The first-order valence-corrected chi connectivity index (χ1v) is 9.27. The number of aliphatic carboxylic acids is 1. The molecule has 1 rings (SSSR count). The second kappa shape index (κ2) is 7.56. The van der Waals surface area contributed by atoms with E-state index in [4.69, 9.17) is 0 Å². The van der Waals surface area contributed by atoms with Crippen LogP contribution >= 0.6 is 0 Å². The molecule has 0 amide bonds. The van der Waals surface area contributed by atoms with Gasteiger partial charge in [0.1, 0.15) is 5.54 Å². The molecule has 0 aromatic rings. The summed E-state index contributed by atoms with van der Waals surface area (Å²) in [5.74, 6) is -1.02. The van der Waals surface area contributed by atoms with Crippen molar-refractivity contribution in [2.75, 3.05) is 19.6 Å². The molecule has 0 saturated carbocycles. The lowest BCUT2D eigenvalue weighted by atomic mass is 9.92. The molecule has 0 aromatic heterocycles. The van der Waals surface area contributed by atoms with Gasteiger partial charge in [-0.2, -0.15) is 17.0 Å². The lowest BCUT2D eigenvalue weighted by Gasteiger charge is -2.37. The van der Waals surface area contributed by atoms with Gasteiger partial charge in [0.05, 0.1) is 0 Å². The van der Waals surface area contributed by atoms with Crippen LogP contribution in [-0.2, 0) is 15.0 Å². The van der Waals surface area contributed by atoms with Crippen LogP contribution in [0.3, 0.4) is 0 Å². The van der Waals surface area contributed by atoms with Crippen LogP contribution in [0.5, 0.6) is 0 Å². The molecule has 21 heavy (non-hydrogen) atoms. The van der Waals surface area contributed by atoms with Crippen LogP contribution in [0.1, 0.15) is 59.3 Å². The summed E-state index contributed by atoms with van der Waals surface area (Å²) in [6, 6.07) is 0. The first-order valence-electron chi connectivity index (χ1n) is 7.88. The molecule has 0 radical (unpaired) electrons. The van der Waals surface area contributed by atoms with Crippen LogP contribution in [-0.4, -0.2) is 53.3 Å². The molecule has 1 fully saturated rings. The average Bonchev–Trinajstić information content (AvgIpc) is 2.85. The van der Waals surface area contributed by atoms with Crippen molar-refractivity contribution in [1.82, 2.24) is 8.61 Å². The summed E-state index contributed by atoms with van der Waals surface area (Å²) in [6.07, 6.45) is 3.48. The summed E-state index contributed by atoms with van der Waals surface area (Å²) in [6.45, 7) is 6.93. The van der Waals surface area contributed by atoms with Crippen LogP contribution in [0.25, 0.3) is 0 Å². The minimum Gasteiger partial charge on any atom is -0.480 e. The van der Waals surface area contributed by atoms with E-state index >= 15 is 0 Å². The number of nitrogens with zero attached hydrogens (tertiary/aromatic N) is 2. The van der Waals surface area contributed by atoms with Crippen molar-refractivity contribution >= 4 is 16.2 Å². The second-order valence-corrected chi connectivity index (χ2v) is 7.52. The number of carboxylic acid groups (broad SMARTS) is 1. The van der Waals surface area contributed by atoms with E-state index < -0.39 is 21.7 Å². The van der Waals surface area contributed by atoms with Crippen molar-refractivity contribution < 1.29 is 18.3 Å². The van der Waals surface area contributed by atoms with Crippen molar-refractivity contribution in [2.24, 2.45) is 0 Å². The molecule has 1 atom stereocenters. The first kappa shape index (κ1) is 18.4. The van der Waals surface area contributed by atoms with Crippen LogP contribution in [0.4, 0.5) is 0 Å². The molecule has 6 nitrogen and oxygen atoms in total. The van der Waals surface area contributed by atoms with E-state index in [0.29, 0.717) is 45.3 Å². The van der Waals surface area contributed by atoms with Crippen molar-refractivity contribution in [3.05, 3.63) is 0 Å². The van der Waals surface area contributed by atoms with E-state index in [1.54, 1.807) is 0 Å². The third-order valence-electron chi connectivity index (χ3n) is 4.04. The Hall–Kier alpha value is -0.660. The van der Waals surface area contributed by atoms with E-state index in [1.165, 1.54) is 8.61 Å². The maximum absolute atomic E-state index is 12.9. The van der Waals surface area contributed by atoms with E-state index in [0.717, 1.165) is 12.8 Å². The van der Waals surface area contributed by atoms with Gasteiger partial charge in [0.2, 0.25) is 0 Å². The molecule has 0 bridgehead atoms. The third-order valence-corrected chi connectivity index (χ3v) is 6.15. The Balaban J connectivity index is 3.17. The van der Waals surface area contributed by atoms with Gasteiger partial charge in [-0.3, -0.25) is 4.79 Å². The number of carboxylic acids is 1. The van der Waals surface area contributed by atoms with Gasteiger partial charge in [-0.15, -0.1) is 0 Å². The molecule has 1 saturated heterocycles. The van der Waals surface area contributed by atoms with Crippen molar-refractivity contribution in [3.8, 4) is 0 Å². The topological polar surface area (TPSA) is 77.9 Å². The third kappa shape index (κ3) is 3.57. The highest BCUT2D eigenvalue weighted by atomic mass is 32.2. The van der Waals surface area contributed by atoms with Gasteiger partial charge in [-0.05, 0) is 32.1 Å².